The highest BCUT2D eigenvalue weighted by atomic mass is 35.5. The third-order valence-electron chi connectivity index (χ3n) is 7.98. The summed E-state index contributed by atoms with van der Waals surface area (Å²) >= 11 is 6.08. The van der Waals surface area contributed by atoms with Crippen molar-refractivity contribution in [2.24, 2.45) is 5.92 Å². The van der Waals surface area contributed by atoms with E-state index in [2.05, 4.69) is 15.4 Å². The van der Waals surface area contributed by atoms with Crippen LogP contribution in [-0.4, -0.2) is 60.1 Å². The second kappa shape index (κ2) is 10.8. The van der Waals surface area contributed by atoms with E-state index < -0.39 is 5.79 Å². The second-order valence-corrected chi connectivity index (χ2v) is 11.5. The molecule has 1 aliphatic carbocycles. The molecular formula is C27H38ClN3O4. The van der Waals surface area contributed by atoms with Crippen LogP contribution in [0, 0.1) is 5.92 Å². The first-order valence-corrected chi connectivity index (χ1v) is 13.6. The van der Waals surface area contributed by atoms with Crippen LogP contribution in [0.3, 0.4) is 0 Å². The molecule has 35 heavy (non-hydrogen) atoms. The molecule has 7 nitrogen and oxygen atoms in total. The number of likely N-dealkylation sites (tertiary alicyclic amines) is 1. The van der Waals surface area contributed by atoms with Gasteiger partial charge in [0.1, 0.15) is 0 Å². The molecule has 2 aromatic rings. The normalized spacial score (nSPS) is 27.9. The predicted molar refractivity (Wildman–Crippen MR) is 135 cm³/mol. The SMILES string of the molecule is CC1(C)OCC(CC(=O)NC2CCC(CCN3CCC(c4noc5cc(Cl)ccc45)CC3)CC2)O1. The van der Waals surface area contributed by atoms with E-state index in [4.69, 9.17) is 25.6 Å². The number of aromatic nitrogens is 1. The van der Waals surface area contributed by atoms with E-state index in [0.717, 1.165) is 61.4 Å². The van der Waals surface area contributed by atoms with Crippen molar-refractivity contribution in [3.8, 4) is 0 Å². The fourth-order valence-electron chi connectivity index (χ4n) is 5.97. The first-order chi connectivity index (χ1) is 16.8. The van der Waals surface area contributed by atoms with Gasteiger partial charge in [0.05, 0.1) is 24.8 Å². The molecule has 0 bridgehead atoms. The maximum atomic E-state index is 12.4. The molecule has 8 heteroatoms. The monoisotopic (exact) mass is 503 g/mol. The van der Waals surface area contributed by atoms with Crippen molar-refractivity contribution in [3.05, 3.63) is 28.9 Å². The number of fused-ring (bicyclic) bond motifs is 1. The Morgan fingerprint density at radius 3 is 2.66 bits per heavy atom. The fraction of sp³-hybridized carbons (Fsp3) is 0.704. The number of carbonyl (C=O) groups excluding carboxylic acids is 1. The van der Waals surface area contributed by atoms with Crippen molar-refractivity contribution in [3.63, 3.8) is 0 Å². The number of halogens is 1. The number of nitrogens with one attached hydrogen (secondary N) is 1. The maximum Gasteiger partial charge on any atom is 0.222 e. The molecule has 0 spiro atoms. The van der Waals surface area contributed by atoms with Gasteiger partial charge in [-0.15, -0.1) is 0 Å². The smallest absolute Gasteiger partial charge is 0.222 e. The van der Waals surface area contributed by atoms with Gasteiger partial charge >= 0.3 is 0 Å². The zero-order chi connectivity index (χ0) is 24.4. The van der Waals surface area contributed by atoms with E-state index in [1.165, 1.54) is 25.8 Å². The number of piperidine rings is 1. The molecule has 1 amide bonds. The number of carbonyl (C=O) groups is 1. The molecule has 192 valence electrons. The Bertz CT molecular complexity index is 1010. The molecule has 2 saturated heterocycles. The van der Waals surface area contributed by atoms with Crippen molar-refractivity contribution in [2.45, 2.75) is 89.1 Å². The predicted octanol–water partition coefficient (Wildman–Crippen LogP) is 5.27. The summed E-state index contributed by atoms with van der Waals surface area (Å²) in [6.07, 6.45) is 8.30. The summed E-state index contributed by atoms with van der Waals surface area (Å²) in [7, 11) is 0. The highest BCUT2D eigenvalue weighted by molar-refractivity contribution is 6.31. The fourth-order valence-corrected chi connectivity index (χ4v) is 6.14. The lowest BCUT2D eigenvalue weighted by Gasteiger charge is -2.34. The lowest BCUT2D eigenvalue weighted by atomic mass is 9.83. The maximum absolute atomic E-state index is 12.4. The van der Waals surface area contributed by atoms with Gasteiger partial charge in [-0.1, -0.05) is 16.8 Å². The van der Waals surface area contributed by atoms with Gasteiger partial charge in [0.25, 0.3) is 0 Å². The molecule has 1 aromatic heterocycles. The lowest BCUT2D eigenvalue weighted by Crippen LogP contribution is -2.40. The van der Waals surface area contributed by atoms with E-state index in [1.54, 1.807) is 0 Å². The minimum Gasteiger partial charge on any atom is -0.356 e. The highest BCUT2D eigenvalue weighted by Crippen LogP contribution is 2.34. The standard InChI is InChI=1S/C27H38ClN3O4/c1-27(2)33-17-22(34-27)16-25(32)29-21-6-3-18(4-7-21)9-12-31-13-10-19(11-14-31)26-23-8-5-20(28)15-24(23)35-30-26/h5,8,15,18-19,21-22H,3-4,6-7,9-14,16-17H2,1-2H3,(H,29,32). The molecule has 1 aromatic carbocycles. The summed E-state index contributed by atoms with van der Waals surface area (Å²) < 4.78 is 16.9. The minimum absolute atomic E-state index is 0.0885. The van der Waals surface area contributed by atoms with Gasteiger partial charge < -0.3 is 24.2 Å². The van der Waals surface area contributed by atoms with E-state index >= 15 is 0 Å². The number of hydrogen-bond donors (Lipinski definition) is 1. The van der Waals surface area contributed by atoms with Crippen molar-refractivity contribution < 1.29 is 18.8 Å². The largest absolute Gasteiger partial charge is 0.356 e. The van der Waals surface area contributed by atoms with Crippen LogP contribution in [0.15, 0.2) is 22.7 Å². The van der Waals surface area contributed by atoms with Crippen LogP contribution in [0.25, 0.3) is 11.0 Å². The van der Waals surface area contributed by atoms with Gasteiger partial charge in [-0.2, -0.15) is 0 Å². The molecule has 1 N–H and O–H groups in total. The zero-order valence-corrected chi connectivity index (χ0v) is 21.7. The number of hydrogen-bond acceptors (Lipinski definition) is 6. The molecule has 3 fully saturated rings. The van der Waals surface area contributed by atoms with Crippen LogP contribution in [0.5, 0.6) is 0 Å². The van der Waals surface area contributed by atoms with E-state index in [0.29, 0.717) is 30.0 Å². The Kier molecular flexibility index (Phi) is 7.68. The summed E-state index contributed by atoms with van der Waals surface area (Å²) in [5, 5.41) is 9.38. The van der Waals surface area contributed by atoms with Crippen molar-refractivity contribution in [1.29, 1.82) is 0 Å². The molecular weight excluding hydrogens is 466 g/mol. The van der Waals surface area contributed by atoms with Crippen LogP contribution < -0.4 is 5.32 Å². The average molecular weight is 504 g/mol. The van der Waals surface area contributed by atoms with Crippen LogP contribution >= 0.6 is 11.6 Å². The molecule has 1 unspecified atom stereocenters. The van der Waals surface area contributed by atoms with Gasteiger partial charge in [0.15, 0.2) is 11.4 Å². The molecule has 1 saturated carbocycles. The summed E-state index contributed by atoms with van der Waals surface area (Å²) in [5.41, 5.74) is 1.87. The molecule has 5 rings (SSSR count). The molecule has 1 atom stereocenters. The Morgan fingerprint density at radius 1 is 1.17 bits per heavy atom. The Hall–Kier alpha value is -1.67. The third-order valence-corrected chi connectivity index (χ3v) is 8.22. The van der Waals surface area contributed by atoms with Gasteiger partial charge in [-0.05, 0) is 96.5 Å². The minimum atomic E-state index is -0.572. The van der Waals surface area contributed by atoms with Crippen LogP contribution in [0.2, 0.25) is 5.02 Å². The first kappa shape index (κ1) is 25.0. The van der Waals surface area contributed by atoms with Gasteiger partial charge in [0, 0.05) is 28.4 Å². The topological polar surface area (TPSA) is 76.8 Å². The van der Waals surface area contributed by atoms with Crippen molar-refractivity contribution in [2.75, 3.05) is 26.2 Å². The van der Waals surface area contributed by atoms with E-state index in [9.17, 15) is 4.79 Å². The van der Waals surface area contributed by atoms with E-state index in [-0.39, 0.29) is 12.0 Å². The van der Waals surface area contributed by atoms with Crippen LogP contribution in [-0.2, 0) is 14.3 Å². The van der Waals surface area contributed by atoms with E-state index in [1.807, 2.05) is 32.0 Å². The summed E-state index contributed by atoms with van der Waals surface area (Å²) in [5.74, 6) is 0.737. The highest BCUT2D eigenvalue weighted by Gasteiger charge is 2.34. The summed E-state index contributed by atoms with van der Waals surface area (Å²) in [6.45, 7) is 7.67. The Morgan fingerprint density at radius 2 is 1.94 bits per heavy atom. The van der Waals surface area contributed by atoms with Crippen LogP contribution in [0.4, 0.5) is 0 Å². The van der Waals surface area contributed by atoms with Crippen LogP contribution in [0.1, 0.15) is 76.8 Å². The summed E-state index contributed by atoms with van der Waals surface area (Å²) in [6, 6.07) is 6.10. The second-order valence-electron chi connectivity index (χ2n) is 11.1. The number of nitrogens with zero attached hydrogens (tertiary/aromatic N) is 2. The Labute approximate surface area is 212 Å². The van der Waals surface area contributed by atoms with Crippen molar-refractivity contribution >= 4 is 28.5 Å². The lowest BCUT2D eigenvalue weighted by molar-refractivity contribution is -0.143. The molecule has 3 heterocycles. The quantitative estimate of drug-likeness (QED) is 0.554. The number of benzene rings is 1. The molecule has 2 aliphatic heterocycles. The number of rotatable bonds is 7. The third kappa shape index (κ3) is 6.37. The van der Waals surface area contributed by atoms with Crippen molar-refractivity contribution in [1.82, 2.24) is 15.4 Å². The van der Waals surface area contributed by atoms with Gasteiger partial charge in [-0.25, -0.2) is 0 Å². The average Bonchev–Trinajstić information content (AvgIpc) is 3.40. The molecule has 3 aliphatic rings. The first-order valence-electron chi connectivity index (χ1n) is 13.2. The number of ether oxygens (including phenoxy) is 2. The van der Waals surface area contributed by atoms with Gasteiger partial charge in [0.2, 0.25) is 5.91 Å². The molecule has 0 radical (unpaired) electrons. The Balaban J connectivity index is 0.989. The zero-order valence-electron chi connectivity index (χ0n) is 20.9. The van der Waals surface area contributed by atoms with Gasteiger partial charge in [-0.3, -0.25) is 4.79 Å². The number of amides is 1. The summed E-state index contributed by atoms with van der Waals surface area (Å²) in [4.78, 5) is 15.0.